The Bertz CT molecular complexity index is 88.4. The molecule has 1 aliphatic carbocycles. The first-order valence-electron chi connectivity index (χ1n) is 2.81. The third-order valence-electron chi connectivity index (χ3n) is 1.52. The SMILES string of the molecule is CC1CC(ON=O)C1. The summed E-state index contributed by atoms with van der Waals surface area (Å²) in [6.07, 6.45) is 2.11. The van der Waals surface area contributed by atoms with Gasteiger partial charge in [0.05, 0.1) is 0 Å². The van der Waals surface area contributed by atoms with Crippen molar-refractivity contribution in [1.82, 2.24) is 0 Å². The third kappa shape index (κ3) is 0.967. The summed E-state index contributed by atoms with van der Waals surface area (Å²) in [5, 5.41) is 2.34. The smallest absolute Gasteiger partial charge is 0.155 e. The Labute approximate surface area is 48.0 Å². The molecule has 0 aromatic rings. The summed E-state index contributed by atoms with van der Waals surface area (Å²) in [4.78, 5) is 13.9. The van der Waals surface area contributed by atoms with Crippen molar-refractivity contribution < 1.29 is 4.84 Å². The molecule has 0 spiro atoms. The summed E-state index contributed by atoms with van der Waals surface area (Å²) in [6, 6.07) is 0. The second kappa shape index (κ2) is 2.11. The van der Waals surface area contributed by atoms with Gasteiger partial charge >= 0.3 is 0 Å². The zero-order chi connectivity index (χ0) is 5.98. The quantitative estimate of drug-likeness (QED) is 0.404. The molecule has 0 bridgehead atoms. The van der Waals surface area contributed by atoms with Gasteiger partial charge in [-0.05, 0) is 18.8 Å². The van der Waals surface area contributed by atoms with E-state index in [4.69, 9.17) is 0 Å². The van der Waals surface area contributed by atoms with Crippen LogP contribution in [0.4, 0.5) is 0 Å². The molecule has 0 aromatic carbocycles. The second-order valence-electron chi connectivity index (χ2n) is 2.38. The van der Waals surface area contributed by atoms with E-state index < -0.39 is 0 Å². The predicted molar refractivity (Wildman–Crippen MR) is 29.1 cm³/mol. The molecule has 1 saturated carbocycles. The van der Waals surface area contributed by atoms with Gasteiger partial charge in [0, 0.05) is 0 Å². The fraction of sp³-hybridized carbons (Fsp3) is 1.00. The maximum absolute atomic E-state index is 9.44. The Morgan fingerprint density at radius 1 is 1.62 bits per heavy atom. The van der Waals surface area contributed by atoms with Crippen LogP contribution in [-0.4, -0.2) is 6.10 Å². The molecule has 1 aliphatic rings. The third-order valence-corrected chi connectivity index (χ3v) is 1.52. The normalized spacial score (nSPS) is 35.6. The van der Waals surface area contributed by atoms with E-state index in [1.807, 2.05) is 0 Å². The molecule has 3 heteroatoms. The van der Waals surface area contributed by atoms with Crippen molar-refractivity contribution in [2.24, 2.45) is 11.3 Å². The molecule has 1 rings (SSSR count). The van der Waals surface area contributed by atoms with Crippen molar-refractivity contribution in [3.05, 3.63) is 4.91 Å². The highest BCUT2D eigenvalue weighted by Crippen LogP contribution is 2.28. The van der Waals surface area contributed by atoms with E-state index in [9.17, 15) is 4.91 Å². The molecule has 46 valence electrons. The molecule has 0 N–H and O–H groups in total. The van der Waals surface area contributed by atoms with E-state index in [0.717, 1.165) is 18.8 Å². The van der Waals surface area contributed by atoms with Crippen LogP contribution in [0.25, 0.3) is 0 Å². The zero-order valence-electron chi connectivity index (χ0n) is 4.83. The molecule has 0 atom stereocenters. The van der Waals surface area contributed by atoms with Crippen molar-refractivity contribution >= 4 is 0 Å². The summed E-state index contributed by atoms with van der Waals surface area (Å²) in [5.41, 5.74) is 0. The van der Waals surface area contributed by atoms with E-state index in [0.29, 0.717) is 0 Å². The summed E-state index contributed by atoms with van der Waals surface area (Å²) in [7, 11) is 0. The first-order valence-corrected chi connectivity index (χ1v) is 2.81. The van der Waals surface area contributed by atoms with Crippen LogP contribution in [0.2, 0.25) is 0 Å². The first-order chi connectivity index (χ1) is 3.83. The Morgan fingerprint density at radius 3 is 2.62 bits per heavy atom. The fourth-order valence-electron chi connectivity index (χ4n) is 0.975. The van der Waals surface area contributed by atoms with Crippen LogP contribution in [0.1, 0.15) is 19.8 Å². The summed E-state index contributed by atoms with van der Waals surface area (Å²) >= 11 is 0. The number of hydrogen-bond acceptors (Lipinski definition) is 3. The highest BCUT2D eigenvalue weighted by atomic mass is 16.7. The molecular formula is C5H9NO2. The van der Waals surface area contributed by atoms with Gasteiger partial charge in [-0.1, -0.05) is 6.92 Å². The minimum Gasteiger partial charge on any atom is -0.361 e. The van der Waals surface area contributed by atoms with Crippen LogP contribution < -0.4 is 0 Å². The van der Waals surface area contributed by atoms with Crippen LogP contribution in [0, 0.1) is 10.8 Å². The van der Waals surface area contributed by atoms with Gasteiger partial charge in [-0.3, -0.25) is 0 Å². The molecule has 0 saturated heterocycles. The fourth-order valence-corrected chi connectivity index (χ4v) is 0.975. The lowest BCUT2D eigenvalue weighted by Gasteiger charge is -2.28. The predicted octanol–water partition coefficient (Wildman–Crippen LogP) is 1.48. The van der Waals surface area contributed by atoms with Crippen molar-refractivity contribution in [3.8, 4) is 0 Å². The van der Waals surface area contributed by atoms with Crippen LogP contribution in [0.5, 0.6) is 0 Å². The van der Waals surface area contributed by atoms with E-state index in [-0.39, 0.29) is 6.10 Å². The van der Waals surface area contributed by atoms with Gasteiger partial charge in [0.2, 0.25) is 0 Å². The maximum Gasteiger partial charge on any atom is 0.155 e. The first kappa shape index (κ1) is 5.54. The molecule has 0 aliphatic heterocycles. The Hall–Kier alpha value is -0.600. The van der Waals surface area contributed by atoms with Crippen molar-refractivity contribution in [2.45, 2.75) is 25.9 Å². The minimum absolute atomic E-state index is 0.127. The average Bonchev–Trinajstić information content (AvgIpc) is 1.64. The largest absolute Gasteiger partial charge is 0.361 e. The Morgan fingerprint density at radius 2 is 2.25 bits per heavy atom. The van der Waals surface area contributed by atoms with Crippen molar-refractivity contribution in [3.63, 3.8) is 0 Å². The molecular weight excluding hydrogens is 106 g/mol. The molecule has 8 heavy (non-hydrogen) atoms. The second-order valence-corrected chi connectivity index (χ2v) is 2.38. The minimum atomic E-state index is 0.127. The lowest BCUT2D eigenvalue weighted by Crippen LogP contribution is -2.27. The molecule has 0 heterocycles. The van der Waals surface area contributed by atoms with Crippen LogP contribution in [0.3, 0.4) is 0 Å². The van der Waals surface area contributed by atoms with Gasteiger partial charge < -0.3 is 4.84 Å². The lowest BCUT2D eigenvalue weighted by molar-refractivity contribution is -0.0252. The van der Waals surface area contributed by atoms with Gasteiger partial charge in [0.25, 0.3) is 0 Å². The highest BCUT2D eigenvalue weighted by molar-refractivity contribution is 4.75. The topological polar surface area (TPSA) is 38.7 Å². The average molecular weight is 115 g/mol. The molecule has 1 fully saturated rings. The van der Waals surface area contributed by atoms with Gasteiger partial charge in [0.15, 0.2) is 5.34 Å². The van der Waals surface area contributed by atoms with Crippen molar-refractivity contribution in [1.29, 1.82) is 0 Å². The van der Waals surface area contributed by atoms with E-state index in [1.165, 1.54) is 0 Å². The molecule has 0 unspecified atom stereocenters. The van der Waals surface area contributed by atoms with Gasteiger partial charge in [-0.15, -0.1) is 4.91 Å². The monoisotopic (exact) mass is 115 g/mol. The molecule has 0 aromatic heterocycles. The van der Waals surface area contributed by atoms with Crippen molar-refractivity contribution in [2.75, 3.05) is 0 Å². The summed E-state index contributed by atoms with van der Waals surface area (Å²) < 4.78 is 0. The summed E-state index contributed by atoms with van der Waals surface area (Å²) in [5.74, 6) is 0.724. The number of rotatable bonds is 2. The van der Waals surface area contributed by atoms with E-state index in [1.54, 1.807) is 0 Å². The number of nitrogens with zero attached hydrogens (tertiary/aromatic N) is 1. The molecule has 0 radical (unpaired) electrons. The standard InChI is InChI=1S/C5H9NO2/c1-4-2-5(3-4)8-6-7/h4-5H,2-3H2,1H3. The zero-order valence-corrected chi connectivity index (χ0v) is 4.83. The van der Waals surface area contributed by atoms with Gasteiger partial charge in [-0.2, -0.15) is 0 Å². The van der Waals surface area contributed by atoms with Gasteiger partial charge in [-0.25, -0.2) is 0 Å². The maximum atomic E-state index is 9.44. The van der Waals surface area contributed by atoms with Crippen LogP contribution in [-0.2, 0) is 4.84 Å². The van der Waals surface area contributed by atoms with E-state index in [2.05, 4.69) is 17.1 Å². The lowest BCUT2D eigenvalue weighted by atomic mass is 9.84. The van der Waals surface area contributed by atoms with Crippen LogP contribution in [0.15, 0.2) is 5.34 Å². The Kier molecular flexibility index (Phi) is 1.46. The van der Waals surface area contributed by atoms with Gasteiger partial charge in [0.1, 0.15) is 6.10 Å². The molecule has 3 nitrogen and oxygen atoms in total. The Balaban J connectivity index is 2.06. The number of hydrogen-bond donors (Lipinski definition) is 0. The highest BCUT2D eigenvalue weighted by Gasteiger charge is 2.27. The molecule has 0 amide bonds. The van der Waals surface area contributed by atoms with Crippen LogP contribution >= 0.6 is 0 Å². The summed E-state index contributed by atoms with van der Waals surface area (Å²) in [6.45, 7) is 2.13. The van der Waals surface area contributed by atoms with E-state index >= 15 is 0 Å².